The van der Waals surface area contributed by atoms with Gasteiger partial charge in [-0.2, -0.15) is 5.26 Å². The number of aryl methyl sites for hydroxylation is 2. The van der Waals surface area contributed by atoms with Crippen LogP contribution in [0.2, 0.25) is 0 Å². The lowest BCUT2D eigenvalue weighted by atomic mass is 9.99. The van der Waals surface area contributed by atoms with Crippen LogP contribution in [0.25, 0.3) is 0 Å². The number of nitriles is 1. The molecular formula is C22H25N3O3S. The highest BCUT2D eigenvalue weighted by atomic mass is 32.2. The summed E-state index contributed by atoms with van der Waals surface area (Å²) in [6.45, 7) is 4.89. The van der Waals surface area contributed by atoms with Crippen molar-refractivity contribution in [3.63, 3.8) is 0 Å². The van der Waals surface area contributed by atoms with E-state index in [4.69, 9.17) is 5.26 Å². The second-order valence-corrected chi connectivity index (χ2v) is 9.10. The van der Waals surface area contributed by atoms with Gasteiger partial charge in [0.2, 0.25) is 10.0 Å². The molecule has 0 bridgehead atoms. The minimum Gasteiger partial charge on any atom is -0.332 e. The predicted octanol–water partition coefficient (Wildman–Crippen LogP) is 3.47. The predicted molar refractivity (Wildman–Crippen MR) is 111 cm³/mol. The molecule has 1 aliphatic heterocycles. The number of likely N-dealkylation sites (tertiary alicyclic amines) is 1. The SMILES string of the molecule is Cc1ccc(C2CCCN2C(=O)c2ccc(S(=O)(=O)NCCC#N)cc2)cc1C. The molecule has 7 heteroatoms. The van der Waals surface area contributed by atoms with Gasteiger partial charge in [0, 0.05) is 25.1 Å². The number of carbonyl (C=O) groups is 1. The normalized spacial score (nSPS) is 16.6. The van der Waals surface area contributed by atoms with E-state index in [2.05, 4.69) is 36.8 Å². The Kier molecular flexibility index (Phi) is 6.36. The van der Waals surface area contributed by atoms with Crippen molar-refractivity contribution >= 4 is 15.9 Å². The first kappa shape index (κ1) is 21.0. The van der Waals surface area contributed by atoms with Crippen LogP contribution in [0.15, 0.2) is 47.4 Å². The first-order chi connectivity index (χ1) is 13.8. The topological polar surface area (TPSA) is 90.3 Å². The molecule has 2 aromatic carbocycles. The van der Waals surface area contributed by atoms with Crippen LogP contribution in [-0.4, -0.2) is 32.3 Å². The average Bonchev–Trinajstić information content (AvgIpc) is 3.19. The van der Waals surface area contributed by atoms with Crippen LogP contribution in [0.4, 0.5) is 0 Å². The number of carbonyl (C=O) groups excluding carboxylic acids is 1. The van der Waals surface area contributed by atoms with Crippen LogP contribution in [0.3, 0.4) is 0 Å². The largest absolute Gasteiger partial charge is 0.332 e. The van der Waals surface area contributed by atoms with Crippen molar-refractivity contribution in [2.24, 2.45) is 0 Å². The summed E-state index contributed by atoms with van der Waals surface area (Å²) in [7, 11) is -3.68. The van der Waals surface area contributed by atoms with Crippen molar-refractivity contribution in [2.45, 2.75) is 44.0 Å². The molecule has 6 nitrogen and oxygen atoms in total. The van der Waals surface area contributed by atoms with E-state index in [1.165, 1.54) is 23.3 Å². The van der Waals surface area contributed by atoms with Crippen LogP contribution >= 0.6 is 0 Å². The maximum atomic E-state index is 13.1. The molecule has 2 aromatic rings. The quantitative estimate of drug-likeness (QED) is 0.737. The van der Waals surface area contributed by atoms with Crippen molar-refractivity contribution in [3.8, 4) is 6.07 Å². The highest BCUT2D eigenvalue weighted by molar-refractivity contribution is 7.89. The van der Waals surface area contributed by atoms with Gasteiger partial charge in [0.15, 0.2) is 0 Å². The molecule has 1 atom stereocenters. The molecule has 3 rings (SSSR count). The van der Waals surface area contributed by atoms with Crippen LogP contribution in [0, 0.1) is 25.2 Å². The van der Waals surface area contributed by atoms with Gasteiger partial charge in [0.05, 0.1) is 17.0 Å². The Morgan fingerprint density at radius 3 is 2.55 bits per heavy atom. The van der Waals surface area contributed by atoms with E-state index in [-0.39, 0.29) is 29.8 Å². The maximum Gasteiger partial charge on any atom is 0.254 e. The molecule has 29 heavy (non-hydrogen) atoms. The zero-order valence-electron chi connectivity index (χ0n) is 16.7. The van der Waals surface area contributed by atoms with Crippen LogP contribution in [-0.2, 0) is 10.0 Å². The fraction of sp³-hybridized carbons (Fsp3) is 0.364. The molecule has 1 N–H and O–H groups in total. The lowest BCUT2D eigenvalue weighted by molar-refractivity contribution is 0.0735. The van der Waals surface area contributed by atoms with Crippen molar-refractivity contribution in [1.29, 1.82) is 5.26 Å². The number of hydrogen-bond acceptors (Lipinski definition) is 4. The number of rotatable bonds is 6. The Labute approximate surface area is 172 Å². The Hall–Kier alpha value is -2.69. The third kappa shape index (κ3) is 4.66. The molecule has 1 unspecified atom stereocenters. The highest BCUT2D eigenvalue weighted by Gasteiger charge is 2.31. The van der Waals surface area contributed by atoms with Crippen molar-refractivity contribution < 1.29 is 13.2 Å². The first-order valence-electron chi connectivity index (χ1n) is 9.68. The lowest BCUT2D eigenvalue weighted by Crippen LogP contribution is -2.30. The summed E-state index contributed by atoms with van der Waals surface area (Å²) in [5.74, 6) is -0.0906. The van der Waals surface area contributed by atoms with Crippen molar-refractivity contribution in [1.82, 2.24) is 9.62 Å². The summed E-state index contributed by atoms with van der Waals surface area (Å²) < 4.78 is 26.8. The van der Waals surface area contributed by atoms with Gasteiger partial charge in [-0.1, -0.05) is 18.2 Å². The van der Waals surface area contributed by atoms with Gasteiger partial charge in [-0.25, -0.2) is 13.1 Å². The third-order valence-electron chi connectivity index (χ3n) is 5.37. The fourth-order valence-corrected chi connectivity index (χ4v) is 4.63. The summed E-state index contributed by atoms with van der Waals surface area (Å²) in [5, 5.41) is 8.54. The van der Waals surface area contributed by atoms with Gasteiger partial charge >= 0.3 is 0 Å². The molecule has 152 valence electrons. The Bertz CT molecular complexity index is 1040. The fourth-order valence-electron chi connectivity index (χ4n) is 3.60. The van der Waals surface area contributed by atoms with E-state index in [0.717, 1.165) is 18.4 Å². The molecule has 1 fully saturated rings. The van der Waals surface area contributed by atoms with Gasteiger partial charge in [-0.3, -0.25) is 4.79 Å². The van der Waals surface area contributed by atoms with E-state index < -0.39 is 10.0 Å². The molecule has 1 heterocycles. The van der Waals surface area contributed by atoms with Gasteiger partial charge in [-0.05, 0) is 67.6 Å². The zero-order valence-corrected chi connectivity index (χ0v) is 17.5. The van der Waals surface area contributed by atoms with Crippen LogP contribution in [0.1, 0.15) is 52.4 Å². The molecule has 0 aromatic heterocycles. The standard InChI is InChI=1S/C22H25N3O3S/c1-16-6-7-19(15-17(16)2)21-5-3-14-25(21)22(26)18-8-10-20(11-9-18)29(27,28)24-13-4-12-23/h6-11,15,21,24H,3-5,13-14H2,1-2H3. The molecule has 1 saturated heterocycles. The number of amides is 1. The number of hydrogen-bond donors (Lipinski definition) is 1. The smallest absolute Gasteiger partial charge is 0.254 e. The summed E-state index contributed by atoms with van der Waals surface area (Å²) in [4.78, 5) is 15.0. The molecule has 0 radical (unpaired) electrons. The highest BCUT2D eigenvalue weighted by Crippen LogP contribution is 2.34. The third-order valence-corrected chi connectivity index (χ3v) is 6.85. The Morgan fingerprint density at radius 2 is 1.90 bits per heavy atom. The molecule has 0 spiro atoms. The average molecular weight is 412 g/mol. The van der Waals surface area contributed by atoms with Crippen molar-refractivity contribution in [2.75, 3.05) is 13.1 Å². The second-order valence-electron chi connectivity index (χ2n) is 7.33. The van der Waals surface area contributed by atoms with E-state index >= 15 is 0 Å². The Balaban J connectivity index is 1.77. The number of nitrogens with zero attached hydrogens (tertiary/aromatic N) is 2. The zero-order chi connectivity index (χ0) is 21.0. The lowest BCUT2D eigenvalue weighted by Gasteiger charge is -2.26. The van der Waals surface area contributed by atoms with Crippen LogP contribution < -0.4 is 4.72 Å². The number of benzene rings is 2. The van der Waals surface area contributed by atoms with Crippen LogP contribution in [0.5, 0.6) is 0 Å². The summed E-state index contributed by atoms with van der Waals surface area (Å²) in [6.07, 6.45) is 1.97. The summed E-state index contributed by atoms with van der Waals surface area (Å²) in [6, 6.07) is 14.2. The minimum absolute atomic E-state index is 0.0397. The van der Waals surface area contributed by atoms with Gasteiger partial charge in [-0.15, -0.1) is 0 Å². The van der Waals surface area contributed by atoms with Gasteiger partial charge < -0.3 is 4.90 Å². The van der Waals surface area contributed by atoms with Gasteiger partial charge in [0.1, 0.15) is 0 Å². The molecular weight excluding hydrogens is 386 g/mol. The van der Waals surface area contributed by atoms with Crippen molar-refractivity contribution in [3.05, 3.63) is 64.7 Å². The molecule has 1 amide bonds. The second kappa shape index (κ2) is 8.76. The first-order valence-corrected chi connectivity index (χ1v) is 11.2. The van der Waals surface area contributed by atoms with E-state index in [0.29, 0.717) is 12.1 Å². The summed E-state index contributed by atoms with van der Waals surface area (Å²) >= 11 is 0. The molecule has 0 aliphatic carbocycles. The van der Waals surface area contributed by atoms with E-state index in [9.17, 15) is 13.2 Å². The maximum absolute atomic E-state index is 13.1. The number of nitrogens with one attached hydrogen (secondary N) is 1. The van der Waals surface area contributed by atoms with E-state index in [1.54, 1.807) is 12.1 Å². The van der Waals surface area contributed by atoms with E-state index in [1.807, 2.05) is 11.0 Å². The van der Waals surface area contributed by atoms with Gasteiger partial charge in [0.25, 0.3) is 5.91 Å². The monoisotopic (exact) mass is 411 g/mol. The minimum atomic E-state index is -3.68. The number of sulfonamides is 1. The summed E-state index contributed by atoms with van der Waals surface area (Å²) in [5.41, 5.74) is 4.04. The molecule has 1 aliphatic rings. The Morgan fingerprint density at radius 1 is 1.17 bits per heavy atom. The molecule has 0 saturated carbocycles.